The van der Waals surface area contributed by atoms with Crippen molar-refractivity contribution in [1.82, 2.24) is 20.2 Å². The molecule has 1 saturated heterocycles. The molecular formula is C21H32N4Si. The molecule has 1 aromatic heterocycles. The third kappa shape index (κ3) is 3.11. The number of nitrogens with zero attached hydrogens (tertiary/aromatic N) is 2. The fourth-order valence-electron chi connectivity index (χ4n) is 5.62. The van der Waals surface area contributed by atoms with E-state index in [0.717, 1.165) is 31.5 Å². The van der Waals surface area contributed by atoms with Crippen LogP contribution in [0.4, 0.5) is 0 Å². The molecule has 0 amide bonds. The van der Waals surface area contributed by atoms with Gasteiger partial charge in [-0.1, -0.05) is 50.7 Å². The molecule has 5 heteroatoms. The highest BCUT2D eigenvalue weighted by molar-refractivity contribution is 6.76. The Morgan fingerprint density at radius 3 is 2.73 bits per heavy atom. The molecule has 0 spiro atoms. The van der Waals surface area contributed by atoms with Crippen molar-refractivity contribution in [1.29, 1.82) is 0 Å². The van der Waals surface area contributed by atoms with E-state index in [1.807, 2.05) is 12.3 Å². The lowest BCUT2D eigenvalue weighted by Crippen LogP contribution is -2.63. The summed E-state index contributed by atoms with van der Waals surface area (Å²) in [6, 6.07) is 6.31. The van der Waals surface area contributed by atoms with Crippen LogP contribution in [0.5, 0.6) is 0 Å². The van der Waals surface area contributed by atoms with Crippen LogP contribution >= 0.6 is 0 Å². The van der Waals surface area contributed by atoms with Gasteiger partial charge in [0.2, 0.25) is 0 Å². The molecule has 3 aliphatic rings. The van der Waals surface area contributed by atoms with Gasteiger partial charge in [-0.2, -0.15) is 0 Å². The van der Waals surface area contributed by atoms with Gasteiger partial charge in [-0.25, -0.2) is 0 Å². The van der Waals surface area contributed by atoms with Crippen molar-refractivity contribution < 1.29 is 0 Å². The summed E-state index contributed by atoms with van der Waals surface area (Å²) in [5.41, 5.74) is 3.42. The van der Waals surface area contributed by atoms with Crippen molar-refractivity contribution in [2.24, 2.45) is 17.8 Å². The minimum absolute atomic E-state index is 0.627. The quantitative estimate of drug-likeness (QED) is 0.796. The zero-order chi connectivity index (χ0) is 18.1. The Morgan fingerprint density at radius 1 is 1.23 bits per heavy atom. The minimum Gasteiger partial charge on any atom is -0.299 e. The van der Waals surface area contributed by atoms with E-state index < -0.39 is 8.24 Å². The second kappa shape index (κ2) is 7.39. The van der Waals surface area contributed by atoms with E-state index in [2.05, 4.69) is 70.6 Å². The SMILES string of the molecule is CCC1CC2C(c3ccccn3)=CC=CC2C1[Si](C)(C)N1CNCNC1. The average molecular weight is 369 g/mol. The first-order valence-electron chi connectivity index (χ1n) is 10.1. The van der Waals surface area contributed by atoms with Crippen LogP contribution in [0.1, 0.15) is 25.5 Å². The summed E-state index contributed by atoms with van der Waals surface area (Å²) in [5, 5.41) is 7.03. The molecule has 1 aromatic rings. The number of pyridine rings is 1. The monoisotopic (exact) mass is 368 g/mol. The van der Waals surface area contributed by atoms with Crippen molar-refractivity contribution in [2.45, 2.75) is 38.4 Å². The van der Waals surface area contributed by atoms with Gasteiger partial charge in [-0.05, 0) is 47.4 Å². The summed E-state index contributed by atoms with van der Waals surface area (Å²) >= 11 is 0. The highest BCUT2D eigenvalue weighted by Gasteiger charge is 2.53. The molecule has 2 heterocycles. The Kier molecular flexibility index (Phi) is 5.15. The maximum absolute atomic E-state index is 4.67. The van der Waals surface area contributed by atoms with Gasteiger partial charge in [0.1, 0.15) is 8.24 Å². The van der Waals surface area contributed by atoms with Gasteiger partial charge in [-0.15, -0.1) is 0 Å². The van der Waals surface area contributed by atoms with E-state index in [-0.39, 0.29) is 0 Å². The van der Waals surface area contributed by atoms with Gasteiger partial charge < -0.3 is 0 Å². The van der Waals surface area contributed by atoms with Crippen LogP contribution in [0.2, 0.25) is 18.6 Å². The second-order valence-corrected chi connectivity index (χ2v) is 13.1. The molecule has 4 atom stereocenters. The summed E-state index contributed by atoms with van der Waals surface area (Å²) in [5.74, 6) is 2.09. The first-order valence-corrected chi connectivity index (χ1v) is 13.1. The van der Waals surface area contributed by atoms with Crippen molar-refractivity contribution >= 4 is 13.8 Å². The molecule has 0 bridgehead atoms. The topological polar surface area (TPSA) is 40.2 Å². The first-order chi connectivity index (χ1) is 12.6. The molecule has 2 N–H and O–H groups in total. The van der Waals surface area contributed by atoms with E-state index in [1.165, 1.54) is 24.1 Å². The number of hydrogen-bond donors (Lipinski definition) is 2. The van der Waals surface area contributed by atoms with E-state index in [9.17, 15) is 0 Å². The van der Waals surface area contributed by atoms with Crippen molar-refractivity contribution in [3.8, 4) is 0 Å². The molecule has 0 aromatic carbocycles. The number of aromatic nitrogens is 1. The number of allylic oxidation sites excluding steroid dienone is 4. The second-order valence-electron chi connectivity index (χ2n) is 8.52. The summed E-state index contributed by atoms with van der Waals surface area (Å²) in [7, 11) is -1.58. The molecule has 2 aliphatic carbocycles. The molecule has 4 unspecified atom stereocenters. The lowest BCUT2D eigenvalue weighted by molar-refractivity contribution is 0.278. The van der Waals surface area contributed by atoms with Crippen LogP contribution in [-0.2, 0) is 0 Å². The Morgan fingerprint density at radius 2 is 2.04 bits per heavy atom. The van der Waals surface area contributed by atoms with Crippen LogP contribution in [-0.4, -0.2) is 37.8 Å². The first kappa shape index (κ1) is 18.1. The molecule has 0 radical (unpaired) electrons. The van der Waals surface area contributed by atoms with Crippen LogP contribution in [0.25, 0.3) is 5.57 Å². The Balaban J connectivity index is 1.65. The van der Waals surface area contributed by atoms with Gasteiger partial charge in [0.25, 0.3) is 0 Å². The van der Waals surface area contributed by atoms with Crippen LogP contribution in [0.3, 0.4) is 0 Å². The minimum atomic E-state index is -1.58. The Bertz CT molecular complexity index is 679. The maximum atomic E-state index is 4.67. The Labute approximate surface area is 158 Å². The average Bonchev–Trinajstić information content (AvgIpc) is 3.09. The highest BCUT2D eigenvalue weighted by Crippen LogP contribution is 2.57. The fraction of sp³-hybridized carbons (Fsp3) is 0.571. The third-order valence-corrected chi connectivity index (χ3v) is 11.4. The zero-order valence-electron chi connectivity index (χ0n) is 16.3. The van der Waals surface area contributed by atoms with Crippen molar-refractivity contribution in [2.75, 3.05) is 20.0 Å². The Hall–Kier alpha value is -1.27. The number of nitrogens with one attached hydrogen (secondary N) is 2. The summed E-state index contributed by atoms with van der Waals surface area (Å²) in [4.78, 5) is 4.67. The standard InChI is InChI=1S/C21H32N4Si/c1-4-16-12-19-17(20-10-5-6-11-24-20)8-7-9-18(19)21(16)26(2,3)25-14-22-13-23-15-25/h5-11,16,18-19,21-23H,4,12-15H2,1-3H3. The number of fused-ring (bicyclic) bond motifs is 1. The van der Waals surface area contributed by atoms with Gasteiger partial charge >= 0.3 is 0 Å². The maximum Gasteiger partial charge on any atom is 0.129 e. The van der Waals surface area contributed by atoms with Crippen LogP contribution in [0, 0.1) is 17.8 Å². The molecule has 2 fully saturated rings. The van der Waals surface area contributed by atoms with Crippen molar-refractivity contribution in [3.05, 3.63) is 48.3 Å². The van der Waals surface area contributed by atoms with Crippen LogP contribution < -0.4 is 10.6 Å². The van der Waals surface area contributed by atoms with Crippen molar-refractivity contribution in [3.63, 3.8) is 0 Å². The van der Waals surface area contributed by atoms with Crippen LogP contribution in [0.15, 0.2) is 42.6 Å². The largest absolute Gasteiger partial charge is 0.299 e. The van der Waals surface area contributed by atoms with Gasteiger partial charge in [0, 0.05) is 26.2 Å². The highest BCUT2D eigenvalue weighted by atomic mass is 28.3. The lowest BCUT2D eigenvalue weighted by Gasteiger charge is -2.47. The fourth-order valence-corrected chi connectivity index (χ4v) is 9.89. The third-order valence-electron chi connectivity index (χ3n) is 6.92. The lowest BCUT2D eigenvalue weighted by atomic mass is 9.83. The summed E-state index contributed by atoms with van der Waals surface area (Å²) in [6.07, 6.45) is 11.6. The summed E-state index contributed by atoms with van der Waals surface area (Å²) < 4.78 is 2.72. The van der Waals surface area contributed by atoms with E-state index in [1.54, 1.807) is 0 Å². The molecule has 4 nitrogen and oxygen atoms in total. The number of rotatable bonds is 4. The van der Waals surface area contributed by atoms with E-state index in [4.69, 9.17) is 0 Å². The smallest absolute Gasteiger partial charge is 0.129 e. The van der Waals surface area contributed by atoms with Gasteiger partial charge in [0.05, 0.1) is 5.69 Å². The molecule has 26 heavy (non-hydrogen) atoms. The van der Waals surface area contributed by atoms with E-state index >= 15 is 0 Å². The van der Waals surface area contributed by atoms with E-state index in [0.29, 0.717) is 11.8 Å². The predicted molar refractivity (Wildman–Crippen MR) is 111 cm³/mol. The molecule has 1 saturated carbocycles. The molecule has 140 valence electrons. The normalized spacial score (nSPS) is 32.3. The predicted octanol–water partition coefficient (Wildman–Crippen LogP) is 3.64. The molecular weight excluding hydrogens is 336 g/mol. The zero-order valence-corrected chi connectivity index (χ0v) is 17.3. The van der Waals surface area contributed by atoms with Gasteiger partial charge in [-0.3, -0.25) is 20.2 Å². The molecule has 1 aliphatic heterocycles. The number of hydrogen-bond acceptors (Lipinski definition) is 4. The summed E-state index contributed by atoms with van der Waals surface area (Å²) in [6.45, 7) is 10.6. The molecule has 4 rings (SSSR count). The van der Waals surface area contributed by atoms with Gasteiger partial charge in [0.15, 0.2) is 0 Å².